The number of carbonyl (C=O) groups is 1. The highest BCUT2D eigenvalue weighted by Crippen LogP contribution is 2.30. The molecule has 0 aliphatic carbocycles. The van der Waals surface area contributed by atoms with Gasteiger partial charge >= 0.3 is 6.18 Å². The molecule has 1 atom stereocenters. The molecule has 0 bridgehead atoms. The summed E-state index contributed by atoms with van der Waals surface area (Å²) in [6.45, 7) is 1.92. The van der Waals surface area contributed by atoms with Gasteiger partial charge in [0.25, 0.3) is 0 Å². The lowest BCUT2D eigenvalue weighted by atomic mass is 10.1. The number of hydrogen-bond donors (Lipinski definition) is 2. The average Bonchev–Trinajstić information content (AvgIpc) is 2.53. The van der Waals surface area contributed by atoms with Gasteiger partial charge in [-0.2, -0.15) is 13.2 Å². The van der Waals surface area contributed by atoms with Crippen LogP contribution in [0.4, 0.5) is 18.9 Å². The monoisotopic (exact) mass is 322 g/mol. The number of halogens is 3. The zero-order valence-corrected chi connectivity index (χ0v) is 12.5. The van der Waals surface area contributed by atoms with Crippen molar-refractivity contribution in [2.45, 2.75) is 19.1 Å². The number of benzene rings is 2. The molecule has 0 spiro atoms. The second kappa shape index (κ2) is 7.28. The summed E-state index contributed by atoms with van der Waals surface area (Å²) < 4.78 is 37.9. The SMILES string of the molecule is CC(NCC(=O)Nc1cccc(C(F)(F)F)c1)c1ccccc1. The molecule has 2 N–H and O–H groups in total. The molecule has 0 aliphatic rings. The minimum atomic E-state index is -4.43. The van der Waals surface area contributed by atoms with E-state index in [2.05, 4.69) is 10.6 Å². The van der Waals surface area contributed by atoms with Crippen LogP contribution in [0.15, 0.2) is 54.6 Å². The van der Waals surface area contributed by atoms with E-state index in [4.69, 9.17) is 0 Å². The second-order valence-electron chi connectivity index (χ2n) is 5.14. The summed E-state index contributed by atoms with van der Waals surface area (Å²) in [7, 11) is 0. The Hall–Kier alpha value is -2.34. The maximum absolute atomic E-state index is 12.6. The van der Waals surface area contributed by atoms with Crippen LogP contribution in [0.3, 0.4) is 0 Å². The second-order valence-corrected chi connectivity index (χ2v) is 5.14. The lowest BCUT2D eigenvalue weighted by Gasteiger charge is -2.14. The number of hydrogen-bond acceptors (Lipinski definition) is 2. The fourth-order valence-corrected chi connectivity index (χ4v) is 2.08. The summed E-state index contributed by atoms with van der Waals surface area (Å²) in [4.78, 5) is 11.9. The molecule has 3 nitrogen and oxygen atoms in total. The van der Waals surface area contributed by atoms with E-state index in [0.29, 0.717) is 0 Å². The largest absolute Gasteiger partial charge is 0.416 e. The molecule has 2 rings (SSSR count). The van der Waals surface area contributed by atoms with Crippen LogP contribution >= 0.6 is 0 Å². The Bertz CT molecular complexity index is 656. The number of carbonyl (C=O) groups excluding carboxylic acids is 1. The van der Waals surface area contributed by atoms with Crippen molar-refractivity contribution in [2.24, 2.45) is 0 Å². The van der Waals surface area contributed by atoms with Gasteiger partial charge in [0.2, 0.25) is 5.91 Å². The molecule has 2 aromatic carbocycles. The summed E-state index contributed by atoms with van der Waals surface area (Å²) in [5.41, 5.74) is 0.360. The molecule has 1 amide bonds. The summed E-state index contributed by atoms with van der Waals surface area (Å²) in [5, 5.41) is 5.49. The van der Waals surface area contributed by atoms with Crippen LogP contribution in [0.1, 0.15) is 24.1 Å². The third kappa shape index (κ3) is 5.10. The highest BCUT2D eigenvalue weighted by Gasteiger charge is 2.30. The van der Waals surface area contributed by atoms with Gasteiger partial charge in [-0.15, -0.1) is 0 Å². The standard InChI is InChI=1S/C17H17F3N2O/c1-12(13-6-3-2-4-7-13)21-11-16(23)22-15-9-5-8-14(10-15)17(18,19)20/h2-10,12,21H,11H2,1H3,(H,22,23). The van der Waals surface area contributed by atoms with Crippen LogP contribution in [-0.2, 0) is 11.0 Å². The lowest BCUT2D eigenvalue weighted by molar-refractivity contribution is -0.137. The zero-order chi connectivity index (χ0) is 16.9. The summed E-state index contributed by atoms with van der Waals surface area (Å²) >= 11 is 0. The third-order valence-electron chi connectivity index (χ3n) is 3.34. The summed E-state index contributed by atoms with van der Waals surface area (Å²) in [5.74, 6) is -0.396. The van der Waals surface area contributed by atoms with Crippen LogP contribution in [0.5, 0.6) is 0 Å². The van der Waals surface area contributed by atoms with Crippen LogP contribution in [0.2, 0.25) is 0 Å². The average molecular weight is 322 g/mol. The van der Waals surface area contributed by atoms with E-state index in [0.717, 1.165) is 17.7 Å². The van der Waals surface area contributed by atoms with E-state index in [-0.39, 0.29) is 18.3 Å². The van der Waals surface area contributed by atoms with Crippen LogP contribution in [0.25, 0.3) is 0 Å². The van der Waals surface area contributed by atoms with E-state index in [1.807, 2.05) is 37.3 Å². The number of rotatable bonds is 5. The smallest absolute Gasteiger partial charge is 0.325 e. The molecule has 1 unspecified atom stereocenters. The van der Waals surface area contributed by atoms with E-state index in [1.165, 1.54) is 12.1 Å². The van der Waals surface area contributed by atoms with Crippen molar-refractivity contribution < 1.29 is 18.0 Å². The normalized spacial score (nSPS) is 12.7. The minimum absolute atomic E-state index is 0.00626. The minimum Gasteiger partial charge on any atom is -0.325 e. The summed E-state index contributed by atoms with van der Waals surface area (Å²) in [6.07, 6.45) is -4.43. The Labute approximate surface area is 132 Å². The van der Waals surface area contributed by atoms with Gasteiger partial charge in [0.15, 0.2) is 0 Å². The van der Waals surface area contributed by atoms with Crippen LogP contribution < -0.4 is 10.6 Å². The van der Waals surface area contributed by atoms with E-state index < -0.39 is 17.6 Å². The molecular formula is C17H17F3N2O. The molecule has 6 heteroatoms. The quantitative estimate of drug-likeness (QED) is 0.874. The molecule has 0 saturated heterocycles. The highest BCUT2D eigenvalue weighted by atomic mass is 19.4. The first-order valence-electron chi connectivity index (χ1n) is 7.11. The molecule has 0 aliphatic heterocycles. The fourth-order valence-electron chi connectivity index (χ4n) is 2.08. The Morgan fingerprint density at radius 3 is 2.43 bits per heavy atom. The Kier molecular flexibility index (Phi) is 5.39. The number of alkyl halides is 3. The summed E-state index contributed by atoms with van der Waals surface area (Å²) in [6, 6.07) is 14.1. The van der Waals surface area contributed by atoms with E-state index >= 15 is 0 Å². The van der Waals surface area contributed by atoms with Crippen molar-refractivity contribution in [3.63, 3.8) is 0 Å². The first-order chi connectivity index (χ1) is 10.9. The third-order valence-corrected chi connectivity index (χ3v) is 3.34. The predicted octanol–water partition coefficient (Wildman–Crippen LogP) is 3.99. The van der Waals surface area contributed by atoms with E-state index in [1.54, 1.807) is 0 Å². The fraction of sp³-hybridized carbons (Fsp3) is 0.235. The van der Waals surface area contributed by atoms with Crippen molar-refractivity contribution in [1.29, 1.82) is 0 Å². The molecule has 23 heavy (non-hydrogen) atoms. The van der Waals surface area contributed by atoms with Crippen LogP contribution in [0, 0.1) is 0 Å². The Morgan fingerprint density at radius 1 is 1.09 bits per heavy atom. The van der Waals surface area contributed by atoms with Crippen molar-refractivity contribution in [2.75, 3.05) is 11.9 Å². The molecule has 0 radical (unpaired) electrons. The Balaban J connectivity index is 1.90. The Morgan fingerprint density at radius 2 is 1.78 bits per heavy atom. The molecule has 122 valence electrons. The van der Waals surface area contributed by atoms with Gasteiger partial charge in [-0.1, -0.05) is 36.4 Å². The van der Waals surface area contributed by atoms with Gasteiger partial charge < -0.3 is 10.6 Å². The van der Waals surface area contributed by atoms with Crippen molar-refractivity contribution >= 4 is 11.6 Å². The topological polar surface area (TPSA) is 41.1 Å². The van der Waals surface area contributed by atoms with Gasteiger partial charge in [0, 0.05) is 11.7 Å². The van der Waals surface area contributed by atoms with Gasteiger partial charge in [-0.3, -0.25) is 4.79 Å². The molecular weight excluding hydrogens is 305 g/mol. The van der Waals surface area contributed by atoms with Gasteiger partial charge in [-0.25, -0.2) is 0 Å². The zero-order valence-electron chi connectivity index (χ0n) is 12.5. The molecule has 0 saturated carbocycles. The maximum Gasteiger partial charge on any atom is 0.416 e. The predicted molar refractivity (Wildman–Crippen MR) is 82.9 cm³/mol. The molecule has 0 heterocycles. The maximum atomic E-state index is 12.6. The lowest BCUT2D eigenvalue weighted by Crippen LogP contribution is -2.30. The number of nitrogens with one attached hydrogen (secondary N) is 2. The molecule has 0 fully saturated rings. The first-order valence-corrected chi connectivity index (χ1v) is 7.11. The number of anilines is 1. The van der Waals surface area contributed by atoms with Crippen molar-refractivity contribution in [3.05, 3.63) is 65.7 Å². The van der Waals surface area contributed by atoms with Crippen molar-refractivity contribution in [1.82, 2.24) is 5.32 Å². The molecule has 2 aromatic rings. The first kappa shape index (κ1) is 17.0. The van der Waals surface area contributed by atoms with Crippen molar-refractivity contribution in [3.8, 4) is 0 Å². The van der Waals surface area contributed by atoms with Gasteiger partial charge in [0.05, 0.1) is 12.1 Å². The van der Waals surface area contributed by atoms with Crippen LogP contribution in [-0.4, -0.2) is 12.5 Å². The number of amides is 1. The van der Waals surface area contributed by atoms with Gasteiger partial charge in [-0.05, 0) is 30.7 Å². The van der Waals surface area contributed by atoms with Gasteiger partial charge in [0.1, 0.15) is 0 Å². The highest BCUT2D eigenvalue weighted by molar-refractivity contribution is 5.92. The molecule has 0 aromatic heterocycles. The van der Waals surface area contributed by atoms with E-state index in [9.17, 15) is 18.0 Å².